The molecule has 0 saturated heterocycles. The second kappa shape index (κ2) is 6.45. The number of aryl methyl sites for hydroxylation is 1. The molecule has 1 atom stereocenters. The lowest BCUT2D eigenvalue weighted by molar-refractivity contribution is 0.101. The Morgan fingerprint density at radius 1 is 1.29 bits per heavy atom. The lowest BCUT2D eigenvalue weighted by atomic mass is 9.92. The number of aromatic nitrogens is 2. The molecule has 17 heavy (non-hydrogen) atoms. The normalized spacial score (nSPS) is 20.1. The smallest absolute Gasteiger partial charge is 0.0945 e. The Hall–Kier alpha value is -0.480. The fraction of sp³-hybridized carbons (Fsp3) is 0.846. The Labute approximate surface area is 107 Å². The quantitative estimate of drug-likeness (QED) is 0.837. The molecule has 3 nitrogen and oxygen atoms in total. The van der Waals surface area contributed by atoms with Crippen molar-refractivity contribution >= 4 is 11.5 Å². The minimum Gasteiger partial charge on any atom is -0.387 e. The molecule has 1 aromatic rings. The van der Waals surface area contributed by atoms with Crippen molar-refractivity contribution in [3.8, 4) is 0 Å². The van der Waals surface area contributed by atoms with Crippen LogP contribution in [0.1, 0.15) is 68.5 Å². The van der Waals surface area contributed by atoms with E-state index in [0.717, 1.165) is 36.3 Å². The third-order valence-electron chi connectivity index (χ3n) is 3.69. The molecule has 1 aliphatic carbocycles. The average Bonchev–Trinajstić information content (AvgIpc) is 2.63. The predicted octanol–water partition coefficient (Wildman–Crippen LogP) is 3.49. The van der Waals surface area contributed by atoms with Gasteiger partial charge in [-0.25, -0.2) is 0 Å². The van der Waals surface area contributed by atoms with Gasteiger partial charge in [0.25, 0.3) is 0 Å². The molecule has 1 aromatic heterocycles. The van der Waals surface area contributed by atoms with Crippen molar-refractivity contribution in [2.75, 3.05) is 0 Å². The lowest BCUT2D eigenvalue weighted by Crippen LogP contribution is -2.12. The molecule has 0 spiro atoms. The van der Waals surface area contributed by atoms with E-state index in [0.29, 0.717) is 5.92 Å². The predicted molar refractivity (Wildman–Crippen MR) is 70.1 cm³/mol. The zero-order valence-electron chi connectivity index (χ0n) is 10.6. The first-order chi connectivity index (χ1) is 8.33. The van der Waals surface area contributed by atoms with Crippen LogP contribution >= 0.6 is 11.5 Å². The molecule has 1 unspecified atom stereocenters. The molecule has 1 saturated carbocycles. The molecule has 0 aromatic carbocycles. The van der Waals surface area contributed by atoms with Crippen LogP contribution in [0.5, 0.6) is 0 Å². The van der Waals surface area contributed by atoms with E-state index in [9.17, 15) is 5.11 Å². The fourth-order valence-corrected chi connectivity index (χ4v) is 3.47. The number of hydrogen-bond acceptors (Lipinski definition) is 4. The molecule has 2 rings (SSSR count). The molecule has 1 heterocycles. The summed E-state index contributed by atoms with van der Waals surface area (Å²) in [6, 6.07) is 0. The molecule has 96 valence electrons. The van der Waals surface area contributed by atoms with Gasteiger partial charge < -0.3 is 5.11 Å². The Morgan fingerprint density at radius 2 is 2.00 bits per heavy atom. The van der Waals surface area contributed by atoms with E-state index in [2.05, 4.69) is 16.5 Å². The van der Waals surface area contributed by atoms with Gasteiger partial charge in [-0.15, -0.1) is 5.10 Å². The Kier molecular flexibility index (Phi) is 4.92. The maximum atomic E-state index is 10.5. The van der Waals surface area contributed by atoms with Crippen molar-refractivity contribution in [3.05, 3.63) is 10.6 Å². The molecular formula is C13H22N2OS. The van der Waals surface area contributed by atoms with Gasteiger partial charge in [-0.1, -0.05) is 43.5 Å². The molecule has 0 aliphatic heterocycles. The molecule has 1 N–H and O–H groups in total. The van der Waals surface area contributed by atoms with E-state index in [1.807, 2.05) is 0 Å². The highest BCUT2D eigenvalue weighted by Crippen LogP contribution is 2.35. The van der Waals surface area contributed by atoms with E-state index in [1.54, 1.807) is 0 Å². The summed E-state index contributed by atoms with van der Waals surface area (Å²) in [5.74, 6) is 0.426. The van der Waals surface area contributed by atoms with Crippen molar-refractivity contribution < 1.29 is 5.11 Å². The van der Waals surface area contributed by atoms with Crippen molar-refractivity contribution in [2.45, 2.75) is 64.4 Å². The molecular weight excluding hydrogens is 232 g/mol. The summed E-state index contributed by atoms with van der Waals surface area (Å²) in [6.07, 6.45) is 9.17. The SMILES string of the molecule is CCCc1nnsc1C(O)C1CCCCCC1. The topological polar surface area (TPSA) is 46.0 Å². The van der Waals surface area contributed by atoms with Crippen LogP contribution in [-0.2, 0) is 6.42 Å². The van der Waals surface area contributed by atoms with Crippen LogP contribution in [0.3, 0.4) is 0 Å². The van der Waals surface area contributed by atoms with Gasteiger partial charge in [0.1, 0.15) is 0 Å². The van der Waals surface area contributed by atoms with Crippen LogP contribution < -0.4 is 0 Å². The summed E-state index contributed by atoms with van der Waals surface area (Å²) in [5, 5.41) is 14.7. The molecule has 0 amide bonds. The summed E-state index contributed by atoms with van der Waals surface area (Å²) in [6.45, 7) is 2.14. The highest BCUT2D eigenvalue weighted by atomic mass is 32.1. The van der Waals surface area contributed by atoms with E-state index in [4.69, 9.17) is 0 Å². The second-order valence-corrected chi connectivity index (χ2v) is 5.82. The van der Waals surface area contributed by atoms with Crippen LogP contribution in [0.15, 0.2) is 0 Å². The van der Waals surface area contributed by atoms with Gasteiger partial charge in [-0.2, -0.15) is 0 Å². The first kappa shape index (κ1) is 13.0. The zero-order chi connectivity index (χ0) is 12.1. The largest absolute Gasteiger partial charge is 0.387 e. The average molecular weight is 254 g/mol. The van der Waals surface area contributed by atoms with Crippen LogP contribution in [-0.4, -0.2) is 14.7 Å². The van der Waals surface area contributed by atoms with E-state index >= 15 is 0 Å². The van der Waals surface area contributed by atoms with Crippen molar-refractivity contribution in [1.82, 2.24) is 9.59 Å². The molecule has 1 aliphatic rings. The van der Waals surface area contributed by atoms with Crippen LogP contribution in [0.25, 0.3) is 0 Å². The van der Waals surface area contributed by atoms with Gasteiger partial charge in [0, 0.05) is 0 Å². The van der Waals surface area contributed by atoms with Crippen molar-refractivity contribution in [2.24, 2.45) is 5.92 Å². The van der Waals surface area contributed by atoms with E-state index < -0.39 is 0 Å². The monoisotopic (exact) mass is 254 g/mol. The highest BCUT2D eigenvalue weighted by Gasteiger charge is 2.26. The second-order valence-electron chi connectivity index (χ2n) is 5.03. The van der Waals surface area contributed by atoms with E-state index in [-0.39, 0.29) is 6.10 Å². The third kappa shape index (κ3) is 3.26. The Morgan fingerprint density at radius 3 is 2.65 bits per heavy atom. The van der Waals surface area contributed by atoms with Gasteiger partial charge in [-0.3, -0.25) is 0 Å². The fourth-order valence-electron chi connectivity index (χ4n) is 2.69. The first-order valence-corrected chi connectivity index (χ1v) is 7.59. The standard InChI is InChI=1S/C13H22N2OS/c1-2-7-11-13(17-15-14-11)12(16)10-8-5-3-4-6-9-10/h10,12,16H,2-9H2,1H3. The first-order valence-electron chi connectivity index (χ1n) is 6.82. The number of aliphatic hydroxyl groups excluding tert-OH is 1. The zero-order valence-corrected chi connectivity index (χ0v) is 11.4. The van der Waals surface area contributed by atoms with Gasteiger partial charge in [0.2, 0.25) is 0 Å². The van der Waals surface area contributed by atoms with Gasteiger partial charge in [-0.05, 0) is 36.7 Å². The van der Waals surface area contributed by atoms with Crippen molar-refractivity contribution in [1.29, 1.82) is 0 Å². The summed E-state index contributed by atoms with van der Waals surface area (Å²) in [5.41, 5.74) is 1.02. The summed E-state index contributed by atoms with van der Waals surface area (Å²) < 4.78 is 4.01. The van der Waals surface area contributed by atoms with Crippen molar-refractivity contribution in [3.63, 3.8) is 0 Å². The summed E-state index contributed by atoms with van der Waals surface area (Å²) in [7, 11) is 0. The third-order valence-corrected chi connectivity index (χ3v) is 4.52. The number of aliphatic hydroxyl groups is 1. The van der Waals surface area contributed by atoms with Gasteiger partial charge in [0.05, 0.1) is 16.7 Å². The number of nitrogens with zero attached hydrogens (tertiary/aromatic N) is 2. The molecule has 1 fully saturated rings. The van der Waals surface area contributed by atoms with Crippen LogP contribution in [0.2, 0.25) is 0 Å². The number of hydrogen-bond donors (Lipinski definition) is 1. The highest BCUT2D eigenvalue weighted by molar-refractivity contribution is 7.05. The van der Waals surface area contributed by atoms with Gasteiger partial charge >= 0.3 is 0 Å². The lowest BCUT2D eigenvalue weighted by Gasteiger charge is -2.20. The molecule has 0 radical (unpaired) electrons. The van der Waals surface area contributed by atoms with Crippen LogP contribution in [0, 0.1) is 5.92 Å². The number of rotatable bonds is 4. The minimum absolute atomic E-state index is 0.324. The summed E-state index contributed by atoms with van der Waals surface area (Å²) in [4.78, 5) is 1.03. The maximum absolute atomic E-state index is 10.5. The maximum Gasteiger partial charge on any atom is 0.0945 e. The Bertz CT molecular complexity index is 332. The minimum atomic E-state index is -0.324. The molecule has 4 heteroatoms. The molecule has 0 bridgehead atoms. The van der Waals surface area contributed by atoms with Gasteiger partial charge in [0.15, 0.2) is 0 Å². The summed E-state index contributed by atoms with van der Waals surface area (Å²) >= 11 is 1.39. The van der Waals surface area contributed by atoms with E-state index in [1.165, 1.54) is 37.2 Å². The Balaban J connectivity index is 2.06. The van der Waals surface area contributed by atoms with Crippen LogP contribution in [0.4, 0.5) is 0 Å².